The minimum Gasteiger partial charge on any atom is -0.481 e. The third-order valence-corrected chi connectivity index (χ3v) is 6.36. The molecule has 172 valence electrons. The van der Waals surface area contributed by atoms with Crippen LogP contribution in [-0.4, -0.2) is 39.2 Å². The molecular weight excluding hydrogens is 444 g/mol. The van der Waals surface area contributed by atoms with Crippen molar-refractivity contribution in [3.05, 3.63) is 66.2 Å². The molecule has 0 aromatic heterocycles. The van der Waals surface area contributed by atoms with Gasteiger partial charge in [-0.3, -0.25) is 14.4 Å². The molecule has 2 aromatic carbocycles. The van der Waals surface area contributed by atoms with Crippen LogP contribution in [0.15, 0.2) is 65.6 Å². The Morgan fingerprint density at radius 3 is 2.21 bits per heavy atom. The number of hydrogen-bond donors (Lipinski definition) is 4. The van der Waals surface area contributed by atoms with E-state index in [1.54, 1.807) is 31.2 Å². The van der Waals surface area contributed by atoms with Gasteiger partial charge in [0.05, 0.1) is 22.6 Å². The number of anilines is 2. The Kier molecular flexibility index (Phi) is 7.89. The van der Waals surface area contributed by atoms with Crippen molar-refractivity contribution in [3.8, 4) is 0 Å². The molecule has 0 saturated carbocycles. The number of carbonyl (C=O) groups is 4. The minimum atomic E-state index is -1.04. The van der Waals surface area contributed by atoms with Crippen LogP contribution in [0.25, 0.3) is 0 Å². The van der Waals surface area contributed by atoms with Crippen molar-refractivity contribution in [1.29, 1.82) is 0 Å². The highest BCUT2D eigenvalue weighted by molar-refractivity contribution is 8.00. The standard InChI is InChI=1S/C24H24N2O6S/c1-14(21(27)25-16-11-9-15(10-12-16)23(29)30)33-18-6-4-5-17(13-18)26-22(28)19-7-2-3-8-20(19)24(31)32/h2-6,9-14,19-20H,7-8H2,1H3,(H,25,27)(H,26,28)(H,29,30)(H,31,32). The maximum atomic E-state index is 12.7. The first-order valence-corrected chi connectivity index (χ1v) is 11.2. The van der Waals surface area contributed by atoms with Crippen LogP contribution in [0.1, 0.15) is 30.1 Å². The first kappa shape index (κ1) is 24.1. The lowest BCUT2D eigenvalue weighted by atomic mass is 9.82. The van der Waals surface area contributed by atoms with E-state index in [9.17, 15) is 24.3 Å². The van der Waals surface area contributed by atoms with E-state index >= 15 is 0 Å². The SMILES string of the molecule is CC(Sc1cccc(NC(=O)C2CC=CCC2C(=O)O)c1)C(=O)Nc1ccc(C(=O)O)cc1. The molecule has 0 radical (unpaired) electrons. The third-order valence-electron chi connectivity index (χ3n) is 5.27. The van der Waals surface area contributed by atoms with Crippen molar-refractivity contribution < 1.29 is 29.4 Å². The number of rotatable bonds is 8. The molecular formula is C24H24N2O6S. The predicted octanol–water partition coefficient (Wildman–Crippen LogP) is 4.11. The highest BCUT2D eigenvalue weighted by Gasteiger charge is 2.34. The number of hydrogen-bond acceptors (Lipinski definition) is 5. The number of aliphatic carboxylic acids is 1. The number of carboxylic acid groups (broad SMARTS) is 2. The molecule has 0 heterocycles. The molecule has 0 spiro atoms. The van der Waals surface area contributed by atoms with Gasteiger partial charge in [-0.1, -0.05) is 18.2 Å². The van der Waals surface area contributed by atoms with E-state index in [4.69, 9.17) is 5.11 Å². The first-order valence-electron chi connectivity index (χ1n) is 10.3. The van der Waals surface area contributed by atoms with Crippen LogP contribution in [0.2, 0.25) is 0 Å². The number of allylic oxidation sites excluding steroid dienone is 2. The van der Waals surface area contributed by atoms with Gasteiger partial charge in [-0.15, -0.1) is 11.8 Å². The summed E-state index contributed by atoms with van der Waals surface area (Å²) < 4.78 is 0. The van der Waals surface area contributed by atoms with Crippen LogP contribution in [0.3, 0.4) is 0 Å². The number of carboxylic acids is 2. The van der Waals surface area contributed by atoms with Crippen LogP contribution in [0.4, 0.5) is 11.4 Å². The van der Waals surface area contributed by atoms with Gasteiger partial charge in [-0.2, -0.15) is 0 Å². The van der Waals surface area contributed by atoms with Gasteiger partial charge in [0, 0.05) is 16.3 Å². The van der Waals surface area contributed by atoms with E-state index in [0.29, 0.717) is 24.2 Å². The van der Waals surface area contributed by atoms with E-state index in [2.05, 4.69) is 10.6 Å². The Hall–Kier alpha value is -3.59. The molecule has 1 aliphatic rings. The molecule has 33 heavy (non-hydrogen) atoms. The predicted molar refractivity (Wildman–Crippen MR) is 125 cm³/mol. The Bertz CT molecular complexity index is 1080. The lowest BCUT2D eigenvalue weighted by Crippen LogP contribution is -2.34. The summed E-state index contributed by atoms with van der Waals surface area (Å²) in [5.41, 5.74) is 1.15. The second-order valence-electron chi connectivity index (χ2n) is 7.64. The van der Waals surface area contributed by atoms with Crippen LogP contribution < -0.4 is 10.6 Å². The molecule has 0 bridgehead atoms. The molecule has 3 rings (SSSR count). The fourth-order valence-electron chi connectivity index (χ4n) is 3.46. The number of nitrogens with one attached hydrogen (secondary N) is 2. The van der Waals surface area contributed by atoms with E-state index < -0.39 is 29.0 Å². The minimum absolute atomic E-state index is 0.133. The summed E-state index contributed by atoms with van der Waals surface area (Å²) in [7, 11) is 0. The molecule has 1 aliphatic carbocycles. The molecule has 3 unspecified atom stereocenters. The summed E-state index contributed by atoms with van der Waals surface area (Å²) in [6.07, 6.45) is 4.31. The van der Waals surface area contributed by atoms with Gasteiger partial charge in [-0.05, 0) is 62.2 Å². The lowest BCUT2D eigenvalue weighted by Gasteiger charge is -2.24. The zero-order valence-corrected chi connectivity index (χ0v) is 18.7. The van der Waals surface area contributed by atoms with Crippen LogP contribution in [-0.2, 0) is 14.4 Å². The fourth-order valence-corrected chi connectivity index (χ4v) is 4.38. The van der Waals surface area contributed by atoms with E-state index in [1.807, 2.05) is 12.1 Å². The Morgan fingerprint density at radius 2 is 1.58 bits per heavy atom. The van der Waals surface area contributed by atoms with Crippen molar-refractivity contribution in [2.24, 2.45) is 11.8 Å². The largest absolute Gasteiger partial charge is 0.481 e. The van der Waals surface area contributed by atoms with Gasteiger partial charge in [-0.25, -0.2) is 4.79 Å². The van der Waals surface area contributed by atoms with Crippen LogP contribution in [0.5, 0.6) is 0 Å². The highest BCUT2D eigenvalue weighted by atomic mass is 32.2. The maximum Gasteiger partial charge on any atom is 0.335 e. The normalized spacial score (nSPS) is 18.2. The van der Waals surface area contributed by atoms with Gasteiger partial charge in [0.15, 0.2) is 0 Å². The molecule has 2 amide bonds. The average Bonchev–Trinajstić information content (AvgIpc) is 2.79. The summed E-state index contributed by atoms with van der Waals surface area (Å²) in [6.45, 7) is 1.74. The first-order chi connectivity index (χ1) is 15.7. The number of aromatic carboxylic acids is 1. The maximum absolute atomic E-state index is 12.7. The lowest BCUT2D eigenvalue weighted by molar-refractivity contribution is -0.146. The molecule has 3 atom stereocenters. The molecule has 8 nitrogen and oxygen atoms in total. The van der Waals surface area contributed by atoms with Gasteiger partial charge < -0.3 is 20.8 Å². The van der Waals surface area contributed by atoms with Crippen molar-refractivity contribution >= 4 is 46.9 Å². The van der Waals surface area contributed by atoms with Crippen molar-refractivity contribution in [3.63, 3.8) is 0 Å². The zero-order chi connectivity index (χ0) is 24.0. The summed E-state index contributed by atoms with van der Waals surface area (Å²) in [5, 5.41) is 23.4. The molecule has 9 heteroatoms. The van der Waals surface area contributed by atoms with Crippen molar-refractivity contribution in [1.82, 2.24) is 0 Å². The highest BCUT2D eigenvalue weighted by Crippen LogP contribution is 2.29. The Labute approximate surface area is 195 Å². The Morgan fingerprint density at radius 1 is 0.909 bits per heavy atom. The van der Waals surface area contributed by atoms with Crippen LogP contribution >= 0.6 is 11.8 Å². The monoisotopic (exact) mass is 468 g/mol. The smallest absolute Gasteiger partial charge is 0.335 e. The average molecular weight is 469 g/mol. The van der Waals surface area contributed by atoms with Crippen molar-refractivity contribution in [2.75, 3.05) is 10.6 Å². The van der Waals surface area contributed by atoms with Crippen LogP contribution in [0, 0.1) is 11.8 Å². The van der Waals surface area contributed by atoms with Gasteiger partial charge in [0.1, 0.15) is 0 Å². The number of amides is 2. The molecule has 0 aliphatic heterocycles. The van der Waals surface area contributed by atoms with E-state index in [0.717, 1.165) is 4.90 Å². The topological polar surface area (TPSA) is 133 Å². The zero-order valence-electron chi connectivity index (χ0n) is 17.9. The third kappa shape index (κ3) is 6.45. The molecule has 2 aromatic rings. The summed E-state index contributed by atoms with van der Waals surface area (Å²) >= 11 is 1.30. The van der Waals surface area contributed by atoms with Crippen molar-refractivity contribution in [2.45, 2.75) is 29.9 Å². The molecule has 0 saturated heterocycles. The Balaban J connectivity index is 1.60. The fraction of sp³-hybridized carbons (Fsp3) is 0.250. The summed E-state index contributed by atoms with van der Waals surface area (Å²) in [4.78, 5) is 48.3. The number of benzene rings is 2. The van der Waals surface area contributed by atoms with Gasteiger partial charge in [0.2, 0.25) is 11.8 Å². The summed E-state index contributed by atoms with van der Waals surface area (Å²) in [5.74, 6) is -4.01. The molecule has 0 fully saturated rings. The summed E-state index contributed by atoms with van der Waals surface area (Å²) in [6, 6.07) is 12.9. The number of carbonyl (C=O) groups excluding carboxylic acids is 2. The van der Waals surface area contributed by atoms with Gasteiger partial charge >= 0.3 is 11.9 Å². The quantitative estimate of drug-likeness (QED) is 0.338. The second-order valence-corrected chi connectivity index (χ2v) is 9.06. The van der Waals surface area contributed by atoms with Gasteiger partial charge in [0.25, 0.3) is 0 Å². The van der Waals surface area contributed by atoms with E-state index in [1.165, 1.54) is 36.0 Å². The van der Waals surface area contributed by atoms with E-state index in [-0.39, 0.29) is 17.4 Å². The number of thioether (sulfide) groups is 1. The molecule has 4 N–H and O–H groups in total. The second kappa shape index (κ2) is 10.8.